The van der Waals surface area contributed by atoms with E-state index in [9.17, 15) is 13.2 Å². The molecule has 1 unspecified atom stereocenters. The first-order valence-electron chi connectivity index (χ1n) is 10.1. The molecule has 1 aliphatic carbocycles. The van der Waals surface area contributed by atoms with Crippen LogP contribution in [0, 0.1) is 6.92 Å². The number of amides is 1. The molecular weight excluding hydrogens is 380 g/mol. The summed E-state index contributed by atoms with van der Waals surface area (Å²) < 4.78 is 34.2. The second-order valence-corrected chi connectivity index (χ2v) is 10.5. The summed E-state index contributed by atoms with van der Waals surface area (Å²) in [5.41, 5.74) is 1.12. The van der Waals surface area contributed by atoms with E-state index < -0.39 is 10.0 Å². The van der Waals surface area contributed by atoms with E-state index in [1.807, 2.05) is 17.9 Å². The van der Waals surface area contributed by atoms with E-state index in [0.717, 1.165) is 44.2 Å². The Kier molecular flexibility index (Phi) is 5.04. The fourth-order valence-electron chi connectivity index (χ4n) is 4.83. The highest BCUT2D eigenvalue weighted by atomic mass is 32.2. The van der Waals surface area contributed by atoms with Crippen molar-refractivity contribution in [2.24, 2.45) is 7.05 Å². The van der Waals surface area contributed by atoms with Crippen LogP contribution in [0.25, 0.3) is 0 Å². The van der Waals surface area contributed by atoms with Crippen molar-refractivity contribution in [1.82, 2.24) is 19.0 Å². The van der Waals surface area contributed by atoms with E-state index in [2.05, 4.69) is 5.10 Å². The lowest BCUT2D eigenvalue weighted by Crippen LogP contribution is -2.55. The third-order valence-corrected chi connectivity index (χ3v) is 7.66. The molecule has 1 atom stereocenters. The van der Waals surface area contributed by atoms with Gasteiger partial charge in [0.15, 0.2) is 0 Å². The zero-order valence-corrected chi connectivity index (χ0v) is 17.7. The van der Waals surface area contributed by atoms with E-state index in [1.165, 1.54) is 6.26 Å². The maximum atomic E-state index is 12.8. The molecule has 3 aliphatic rings. The normalized spacial score (nSPS) is 25.4. The van der Waals surface area contributed by atoms with Crippen LogP contribution in [-0.4, -0.2) is 76.9 Å². The van der Waals surface area contributed by atoms with Gasteiger partial charge < -0.3 is 9.64 Å². The number of hydrogen-bond acceptors (Lipinski definition) is 5. The Morgan fingerprint density at radius 2 is 1.93 bits per heavy atom. The Labute approximate surface area is 166 Å². The van der Waals surface area contributed by atoms with Crippen LogP contribution in [0.4, 0.5) is 0 Å². The second-order valence-electron chi connectivity index (χ2n) is 8.59. The van der Waals surface area contributed by atoms with Crippen molar-refractivity contribution in [2.45, 2.75) is 63.1 Å². The standard InChI is InChI=1S/C19H30N4O4S/c1-14-12-17(21(2)20-14)18(24)22-9-7-19(8-10-22)13-16(6-11-27-19)23(15-4-5-15)28(3,25)26/h12,15-16H,4-11,13H2,1-3H3. The molecule has 1 saturated carbocycles. The minimum atomic E-state index is -3.22. The largest absolute Gasteiger partial charge is 0.375 e. The third-order valence-electron chi connectivity index (χ3n) is 6.30. The summed E-state index contributed by atoms with van der Waals surface area (Å²) in [6.07, 6.45) is 6.21. The molecule has 28 heavy (non-hydrogen) atoms. The summed E-state index contributed by atoms with van der Waals surface area (Å²) in [5.74, 6) is 0.000974. The van der Waals surface area contributed by atoms with Gasteiger partial charge in [-0.1, -0.05) is 0 Å². The molecule has 4 rings (SSSR count). The highest BCUT2D eigenvalue weighted by molar-refractivity contribution is 7.88. The SMILES string of the molecule is Cc1cc(C(=O)N2CCC3(CC2)CC(N(C2CC2)S(C)(=O)=O)CCO3)n(C)n1. The number of likely N-dealkylation sites (tertiary alicyclic amines) is 1. The number of aryl methyl sites for hydroxylation is 2. The molecule has 1 aromatic heterocycles. The van der Waals surface area contributed by atoms with E-state index in [0.29, 0.717) is 25.4 Å². The number of piperidine rings is 1. The van der Waals surface area contributed by atoms with Gasteiger partial charge in [0.1, 0.15) is 5.69 Å². The average molecular weight is 411 g/mol. The van der Waals surface area contributed by atoms with Gasteiger partial charge in [-0.3, -0.25) is 9.48 Å². The smallest absolute Gasteiger partial charge is 0.272 e. The first-order chi connectivity index (χ1) is 13.2. The molecule has 1 aromatic rings. The Morgan fingerprint density at radius 3 is 2.46 bits per heavy atom. The maximum Gasteiger partial charge on any atom is 0.272 e. The summed E-state index contributed by atoms with van der Waals surface area (Å²) in [6, 6.07) is 2.00. The molecule has 2 aliphatic heterocycles. The number of ether oxygens (including phenoxy) is 1. The predicted octanol–water partition coefficient (Wildman–Crippen LogP) is 1.31. The van der Waals surface area contributed by atoms with Crippen LogP contribution in [0.1, 0.15) is 54.7 Å². The third kappa shape index (κ3) is 3.84. The highest BCUT2D eigenvalue weighted by Gasteiger charge is 2.47. The number of carbonyl (C=O) groups is 1. The van der Waals surface area contributed by atoms with Crippen molar-refractivity contribution in [2.75, 3.05) is 26.0 Å². The van der Waals surface area contributed by atoms with Gasteiger partial charge in [0.05, 0.1) is 17.6 Å². The molecule has 0 aromatic carbocycles. The minimum Gasteiger partial charge on any atom is -0.375 e. The van der Waals surface area contributed by atoms with Crippen molar-refractivity contribution < 1.29 is 17.9 Å². The second kappa shape index (κ2) is 7.11. The molecule has 0 N–H and O–H groups in total. The van der Waals surface area contributed by atoms with Gasteiger partial charge in [-0.25, -0.2) is 8.42 Å². The van der Waals surface area contributed by atoms with Gasteiger partial charge in [-0.2, -0.15) is 9.40 Å². The van der Waals surface area contributed by atoms with Gasteiger partial charge in [0.2, 0.25) is 10.0 Å². The quantitative estimate of drug-likeness (QED) is 0.747. The van der Waals surface area contributed by atoms with Gasteiger partial charge in [-0.05, 0) is 51.5 Å². The van der Waals surface area contributed by atoms with Gasteiger partial charge in [0.25, 0.3) is 5.91 Å². The number of aromatic nitrogens is 2. The summed E-state index contributed by atoms with van der Waals surface area (Å²) in [4.78, 5) is 14.7. The first kappa shape index (κ1) is 19.8. The maximum absolute atomic E-state index is 12.8. The average Bonchev–Trinajstić information content (AvgIpc) is 3.37. The van der Waals surface area contributed by atoms with Crippen LogP contribution in [0.3, 0.4) is 0 Å². The Balaban J connectivity index is 1.43. The Morgan fingerprint density at radius 1 is 1.25 bits per heavy atom. The van der Waals surface area contributed by atoms with Crippen molar-refractivity contribution in [1.29, 1.82) is 0 Å². The van der Waals surface area contributed by atoms with E-state index in [1.54, 1.807) is 16.0 Å². The molecule has 156 valence electrons. The van der Waals surface area contributed by atoms with Crippen LogP contribution in [0.5, 0.6) is 0 Å². The molecule has 9 heteroatoms. The molecule has 8 nitrogen and oxygen atoms in total. The van der Waals surface area contributed by atoms with E-state index in [-0.39, 0.29) is 23.6 Å². The Hall–Kier alpha value is -1.45. The van der Waals surface area contributed by atoms with Crippen LogP contribution >= 0.6 is 0 Å². The van der Waals surface area contributed by atoms with Crippen LogP contribution < -0.4 is 0 Å². The van der Waals surface area contributed by atoms with Crippen molar-refractivity contribution in [3.63, 3.8) is 0 Å². The molecule has 2 saturated heterocycles. The Bertz CT molecular complexity index is 853. The predicted molar refractivity (Wildman–Crippen MR) is 104 cm³/mol. The van der Waals surface area contributed by atoms with Crippen molar-refractivity contribution >= 4 is 15.9 Å². The number of hydrogen-bond donors (Lipinski definition) is 0. The summed E-state index contributed by atoms with van der Waals surface area (Å²) in [5, 5.41) is 4.27. The van der Waals surface area contributed by atoms with Gasteiger partial charge in [-0.15, -0.1) is 0 Å². The van der Waals surface area contributed by atoms with Crippen molar-refractivity contribution in [3.05, 3.63) is 17.5 Å². The molecule has 1 amide bonds. The molecule has 3 fully saturated rings. The lowest BCUT2D eigenvalue weighted by Gasteiger charge is -2.48. The van der Waals surface area contributed by atoms with Gasteiger partial charge in [0, 0.05) is 38.8 Å². The topological polar surface area (TPSA) is 84.7 Å². The minimum absolute atomic E-state index is 0.000974. The summed E-state index contributed by atoms with van der Waals surface area (Å²) in [6.45, 7) is 3.71. The lowest BCUT2D eigenvalue weighted by atomic mass is 9.82. The zero-order valence-electron chi connectivity index (χ0n) is 16.9. The molecular formula is C19H30N4O4S. The highest BCUT2D eigenvalue weighted by Crippen LogP contribution is 2.41. The monoisotopic (exact) mass is 410 g/mol. The van der Waals surface area contributed by atoms with Crippen LogP contribution in [0.15, 0.2) is 6.07 Å². The number of sulfonamides is 1. The van der Waals surface area contributed by atoms with E-state index in [4.69, 9.17) is 4.74 Å². The number of rotatable bonds is 4. The fourth-order valence-corrected chi connectivity index (χ4v) is 6.30. The van der Waals surface area contributed by atoms with Crippen LogP contribution in [0.2, 0.25) is 0 Å². The number of carbonyl (C=O) groups excluding carboxylic acids is 1. The summed E-state index contributed by atoms with van der Waals surface area (Å²) in [7, 11) is -1.43. The number of nitrogens with zero attached hydrogens (tertiary/aromatic N) is 4. The zero-order chi connectivity index (χ0) is 20.1. The molecule has 0 radical (unpaired) electrons. The molecule has 3 heterocycles. The van der Waals surface area contributed by atoms with Crippen LogP contribution in [-0.2, 0) is 21.8 Å². The van der Waals surface area contributed by atoms with Gasteiger partial charge >= 0.3 is 0 Å². The molecule has 0 bridgehead atoms. The summed E-state index contributed by atoms with van der Waals surface area (Å²) >= 11 is 0. The molecule has 1 spiro atoms. The van der Waals surface area contributed by atoms with Crippen molar-refractivity contribution in [3.8, 4) is 0 Å². The lowest BCUT2D eigenvalue weighted by molar-refractivity contribution is -0.123. The van der Waals surface area contributed by atoms with E-state index >= 15 is 0 Å². The fraction of sp³-hybridized carbons (Fsp3) is 0.789. The first-order valence-corrected chi connectivity index (χ1v) is 12.0.